The summed E-state index contributed by atoms with van der Waals surface area (Å²) in [6.07, 6.45) is 2.62. The highest BCUT2D eigenvalue weighted by molar-refractivity contribution is 7.89. The lowest BCUT2D eigenvalue weighted by molar-refractivity contribution is -0.123. The number of carbonyl (C=O) groups is 1. The lowest BCUT2D eigenvalue weighted by Gasteiger charge is -2.31. The monoisotopic (exact) mass is 478 g/mol. The first-order chi connectivity index (χ1) is 15.0. The summed E-state index contributed by atoms with van der Waals surface area (Å²) in [5.41, 5.74) is 0.381. The van der Waals surface area contributed by atoms with Crippen molar-refractivity contribution < 1.29 is 31.1 Å². The highest BCUT2D eigenvalue weighted by atomic mass is 32.2. The van der Waals surface area contributed by atoms with Gasteiger partial charge in [0.05, 0.1) is 19.1 Å². The predicted octanol–water partition coefficient (Wildman–Crippen LogP) is 2.10. The van der Waals surface area contributed by atoms with Crippen molar-refractivity contribution in [3.63, 3.8) is 0 Å². The van der Waals surface area contributed by atoms with Gasteiger partial charge in [-0.2, -0.15) is 4.31 Å². The number of hydrogen-bond donors (Lipinski definition) is 2. The maximum absolute atomic E-state index is 12.9. The Balaban J connectivity index is 1.87. The Morgan fingerprint density at radius 2 is 2.03 bits per heavy atom. The molecule has 1 saturated heterocycles. The minimum atomic E-state index is -3.77. The number of nitrogens with one attached hydrogen (secondary N) is 2. The zero-order valence-electron chi connectivity index (χ0n) is 18.1. The molecular weight excluding hydrogens is 449 g/mol. The SMILES string of the molecule is CNC/C(=C/F)COc1ccc(S(=O)(=O)N2CCC(CC(=O)NCC(C)(F)F)CC2)cn1. The van der Waals surface area contributed by atoms with E-state index in [2.05, 4.69) is 15.6 Å². The van der Waals surface area contributed by atoms with E-state index < -0.39 is 28.4 Å². The molecule has 2 rings (SSSR count). The van der Waals surface area contributed by atoms with Crippen LogP contribution < -0.4 is 15.4 Å². The van der Waals surface area contributed by atoms with Gasteiger partial charge in [-0.1, -0.05) is 0 Å². The summed E-state index contributed by atoms with van der Waals surface area (Å²) in [4.78, 5) is 15.8. The molecule has 0 saturated carbocycles. The first-order valence-electron chi connectivity index (χ1n) is 10.2. The van der Waals surface area contributed by atoms with E-state index in [1.807, 2.05) is 0 Å². The first kappa shape index (κ1) is 26.1. The molecule has 12 heteroatoms. The standard InChI is InChI=1S/C20H29F3N4O4S/c1-20(22,23)14-26-18(28)9-15-5-7-27(8-6-15)32(29,30)17-3-4-19(25-12-17)31-13-16(10-21)11-24-2/h3-4,10,12,15,24H,5-9,11,13-14H2,1-2H3,(H,26,28)/b16-10-. The Labute approximate surface area is 186 Å². The van der Waals surface area contributed by atoms with E-state index in [1.165, 1.54) is 22.6 Å². The van der Waals surface area contributed by atoms with Crippen LogP contribution in [0.1, 0.15) is 26.2 Å². The second-order valence-electron chi connectivity index (χ2n) is 7.82. The van der Waals surface area contributed by atoms with Gasteiger partial charge in [-0.25, -0.2) is 26.6 Å². The zero-order valence-corrected chi connectivity index (χ0v) is 18.9. The summed E-state index contributed by atoms with van der Waals surface area (Å²) in [5, 5.41) is 5.00. The van der Waals surface area contributed by atoms with Crippen LogP contribution in [0.5, 0.6) is 5.88 Å². The summed E-state index contributed by atoms with van der Waals surface area (Å²) in [5.74, 6) is -3.34. The second-order valence-corrected chi connectivity index (χ2v) is 9.75. The van der Waals surface area contributed by atoms with Gasteiger partial charge in [0.1, 0.15) is 11.5 Å². The molecule has 1 aromatic heterocycles. The molecule has 1 aliphatic rings. The fourth-order valence-corrected chi connectivity index (χ4v) is 4.63. The number of hydrogen-bond acceptors (Lipinski definition) is 6. The average Bonchev–Trinajstić information content (AvgIpc) is 2.75. The quantitative estimate of drug-likeness (QED) is 0.505. The van der Waals surface area contributed by atoms with Crippen molar-refractivity contribution in [3.8, 4) is 5.88 Å². The van der Waals surface area contributed by atoms with Crippen molar-refractivity contribution in [1.29, 1.82) is 0 Å². The fraction of sp³-hybridized carbons (Fsp3) is 0.600. The summed E-state index contributed by atoms with van der Waals surface area (Å²) in [6, 6.07) is 2.78. The Morgan fingerprint density at radius 3 is 2.56 bits per heavy atom. The maximum Gasteiger partial charge on any atom is 0.262 e. The van der Waals surface area contributed by atoms with E-state index in [0.717, 1.165) is 6.92 Å². The molecule has 0 radical (unpaired) electrons. The Hall–Kier alpha value is -2.18. The summed E-state index contributed by atoms with van der Waals surface area (Å²) < 4.78 is 70.8. The van der Waals surface area contributed by atoms with Crippen molar-refractivity contribution in [2.45, 2.75) is 37.0 Å². The molecule has 32 heavy (non-hydrogen) atoms. The van der Waals surface area contributed by atoms with E-state index in [-0.39, 0.29) is 42.8 Å². The zero-order chi connectivity index (χ0) is 23.8. The number of halogens is 3. The van der Waals surface area contributed by atoms with Gasteiger partial charge in [-0.05, 0) is 31.9 Å². The maximum atomic E-state index is 12.9. The average molecular weight is 479 g/mol. The van der Waals surface area contributed by atoms with Crippen LogP contribution >= 0.6 is 0 Å². The lowest BCUT2D eigenvalue weighted by Crippen LogP contribution is -2.40. The van der Waals surface area contributed by atoms with Gasteiger partial charge in [-0.15, -0.1) is 0 Å². The number of carbonyl (C=O) groups excluding carboxylic acids is 1. The van der Waals surface area contributed by atoms with Crippen LogP contribution in [-0.2, 0) is 14.8 Å². The van der Waals surface area contributed by atoms with E-state index in [1.54, 1.807) is 7.05 Å². The van der Waals surface area contributed by atoms with Crippen molar-refractivity contribution in [3.05, 3.63) is 30.2 Å². The summed E-state index contributed by atoms with van der Waals surface area (Å²) >= 11 is 0. The predicted molar refractivity (Wildman–Crippen MR) is 113 cm³/mol. The van der Waals surface area contributed by atoms with Gasteiger partial charge in [-0.3, -0.25) is 4.79 Å². The number of piperidine rings is 1. The van der Waals surface area contributed by atoms with E-state index in [0.29, 0.717) is 31.3 Å². The van der Waals surface area contributed by atoms with Crippen LogP contribution in [-0.4, -0.2) is 69.4 Å². The molecule has 1 aliphatic heterocycles. The van der Waals surface area contributed by atoms with E-state index >= 15 is 0 Å². The topological polar surface area (TPSA) is 101 Å². The van der Waals surface area contributed by atoms with Crippen LogP contribution in [0.15, 0.2) is 35.1 Å². The molecule has 180 valence electrons. The fourth-order valence-electron chi connectivity index (χ4n) is 3.21. The second kappa shape index (κ2) is 11.6. The number of rotatable bonds is 11. The molecule has 2 heterocycles. The van der Waals surface area contributed by atoms with E-state index in [9.17, 15) is 26.4 Å². The first-order valence-corrected chi connectivity index (χ1v) is 11.7. The van der Waals surface area contributed by atoms with Gasteiger partial charge in [0.2, 0.25) is 21.8 Å². The number of aromatic nitrogens is 1. The smallest absolute Gasteiger partial charge is 0.262 e. The number of sulfonamides is 1. The third kappa shape index (κ3) is 8.06. The molecule has 0 atom stereocenters. The molecule has 0 aromatic carbocycles. The lowest BCUT2D eigenvalue weighted by atomic mass is 9.94. The molecule has 1 fully saturated rings. The third-order valence-electron chi connectivity index (χ3n) is 4.95. The van der Waals surface area contributed by atoms with Gasteiger partial charge in [0.15, 0.2) is 0 Å². The molecule has 0 bridgehead atoms. The van der Waals surface area contributed by atoms with Crippen molar-refractivity contribution >= 4 is 15.9 Å². The minimum Gasteiger partial charge on any atom is -0.473 e. The number of pyridine rings is 1. The van der Waals surface area contributed by atoms with Crippen LogP contribution in [0.3, 0.4) is 0 Å². The normalized spacial score (nSPS) is 16.7. The molecule has 1 amide bonds. The highest BCUT2D eigenvalue weighted by Crippen LogP contribution is 2.26. The van der Waals surface area contributed by atoms with Crippen molar-refractivity contribution in [2.75, 3.05) is 39.8 Å². The van der Waals surface area contributed by atoms with Crippen LogP contribution in [0.2, 0.25) is 0 Å². The molecular formula is C20H29F3N4O4S. The molecule has 2 N–H and O–H groups in total. The Morgan fingerprint density at radius 1 is 1.34 bits per heavy atom. The van der Waals surface area contributed by atoms with Crippen LogP contribution in [0.4, 0.5) is 13.2 Å². The van der Waals surface area contributed by atoms with Gasteiger partial charge in [0.25, 0.3) is 5.92 Å². The van der Waals surface area contributed by atoms with Crippen molar-refractivity contribution in [1.82, 2.24) is 19.9 Å². The number of alkyl halides is 2. The number of nitrogens with zero attached hydrogens (tertiary/aromatic N) is 2. The summed E-state index contributed by atoms with van der Waals surface area (Å²) in [7, 11) is -2.10. The molecule has 0 unspecified atom stereocenters. The largest absolute Gasteiger partial charge is 0.473 e. The minimum absolute atomic E-state index is 0.00250. The molecule has 0 spiro atoms. The number of amides is 1. The van der Waals surface area contributed by atoms with Gasteiger partial charge >= 0.3 is 0 Å². The van der Waals surface area contributed by atoms with Gasteiger partial charge in [0, 0.05) is 44.6 Å². The number of likely N-dealkylation sites (N-methyl/N-ethyl adjacent to an activating group) is 1. The van der Waals surface area contributed by atoms with Crippen molar-refractivity contribution in [2.24, 2.45) is 5.92 Å². The molecule has 0 aliphatic carbocycles. The molecule has 8 nitrogen and oxygen atoms in total. The summed E-state index contributed by atoms with van der Waals surface area (Å²) in [6.45, 7) is 0.743. The van der Waals surface area contributed by atoms with Crippen LogP contribution in [0, 0.1) is 5.92 Å². The van der Waals surface area contributed by atoms with Gasteiger partial charge < -0.3 is 15.4 Å². The highest BCUT2D eigenvalue weighted by Gasteiger charge is 2.31. The van der Waals surface area contributed by atoms with Crippen LogP contribution in [0.25, 0.3) is 0 Å². The van der Waals surface area contributed by atoms with E-state index in [4.69, 9.17) is 4.74 Å². The Kier molecular flexibility index (Phi) is 9.47. The Bertz CT molecular complexity index is 881. The third-order valence-corrected chi connectivity index (χ3v) is 6.84. The number of ether oxygens (including phenoxy) is 1. The molecule has 1 aromatic rings.